The van der Waals surface area contributed by atoms with Gasteiger partial charge in [-0.05, 0) is 31.2 Å². The van der Waals surface area contributed by atoms with Gasteiger partial charge in [-0.15, -0.1) is 11.3 Å². The molecule has 0 fully saturated rings. The highest BCUT2D eigenvalue weighted by Crippen LogP contribution is 2.34. The van der Waals surface area contributed by atoms with Crippen LogP contribution < -0.4 is 10.1 Å². The largest absolute Gasteiger partial charge is 0.496 e. The molecule has 160 valence electrons. The summed E-state index contributed by atoms with van der Waals surface area (Å²) < 4.78 is 21.7. The first kappa shape index (κ1) is 21.1. The SMILES string of the molecule is COc1ccc(F)c2c1cc(C)n2CCNc1cc(-c2cc(Cl)c(C(=O)O)s2)ncn1. The number of ether oxygens (including phenoxy) is 1. The highest BCUT2D eigenvalue weighted by atomic mass is 35.5. The summed E-state index contributed by atoms with van der Waals surface area (Å²) in [6, 6.07) is 8.22. The summed E-state index contributed by atoms with van der Waals surface area (Å²) in [5, 5.41) is 13.3. The van der Waals surface area contributed by atoms with E-state index in [0.717, 1.165) is 22.4 Å². The fourth-order valence-electron chi connectivity index (χ4n) is 3.43. The Morgan fingerprint density at radius 1 is 1.32 bits per heavy atom. The van der Waals surface area contributed by atoms with Gasteiger partial charge < -0.3 is 19.7 Å². The van der Waals surface area contributed by atoms with E-state index in [4.69, 9.17) is 16.3 Å². The van der Waals surface area contributed by atoms with Gasteiger partial charge in [0.15, 0.2) is 0 Å². The second-order valence-corrected chi connectivity index (χ2v) is 8.22. The van der Waals surface area contributed by atoms with Crippen molar-refractivity contribution in [1.29, 1.82) is 0 Å². The van der Waals surface area contributed by atoms with Crippen molar-refractivity contribution >= 4 is 45.6 Å². The lowest BCUT2D eigenvalue weighted by atomic mass is 10.2. The molecule has 3 heterocycles. The van der Waals surface area contributed by atoms with Crippen LogP contribution in [0.25, 0.3) is 21.5 Å². The average Bonchev–Trinajstić information content (AvgIpc) is 3.29. The number of aromatic carboxylic acids is 1. The van der Waals surface area contributed by atoms with Crippen molar-refractivity contribution in [2.24, 2.45) is 0 Å². The number of hydrogen-bond acceptors (Lipinski definition) is 6. The Labute approximate surface area is 186 Å². The fraction of sp³-hybridized carbons (Fsp3) is 0.190. The van der Waals surface area contributed by atoms with Crippen LogP contribution in [-0.2, 0) is 6.54 Å². The number of hydrogen-bond donors (Lipinski definition) is 2. The van der Waals surface area contributed by atoms with Gasteiger partial charge in [-0.1, -0.05) is 11.6 Å². The van der Waals surface area contributed by atoms with Crippen LogP contribution in [0, 0.1) is 12.7 Å². The van der Waals surface area contributed by atoms with Gasteiger partial charge in [0.2, 0.25) is 0 Å². The molecule has 10 heteroatoms. The van der Waals surface area contributed by atoms with Gasteiger partial charge in [0, 0.05) is 30.2 Å². The van der Waals surface area contributed by atoms with Crippen molar-refractivity contribution in [3.05, 3.63) is 58.1 Å². The van der Waals surface area contributed by atoms with Gasteiger partial charge in [-0.3, -0.25) is 0 Å². The molecule has 0 bridgehead atoms. The van der Waals surface area contributed by atoms with E-state index in [1.54, 1.807) is 25.3 Å². The molecule has 0 radical (unpaired) electrons. The van der Waals surface area contributed by atoms with E-state index in [9.17, 15) is 14.3 Å². The normalized spacial score (nSPS) is 11.1. The molecule has 2 N–H and O–H groups in total. The van der Waals surface area contributed by atoms with Crippen LogP contribution in [0.1, 0.15) is 15.4 Å². The highest BCUT2D eigenvalue weighted by molar-refractivity contribution is 7.17. The van der Waals surface area contributed by atoms with Gasteiger partial charge >= 0.3 is 5.97 Å². The fourth-order valence-corrected chi connectivity index (χ4v) is 4.66. The Morgan fingerprint density at radius 3 is 2.84 bits per heavy atom. The molecule has 0 amide bonds. The predicted molar refractivity (Wildman–Crippen MR) is 119 cm³/mol. The van der Waals surface area contributed by atoms with E-state index in [0.29, 0.717) is 40.7 Å². The monoisotopic (exact) mass is 460 g/mol. The first-order valence-electron chi connectivity index (χ1n) is 9.30. The standard InChI is InChI=1S/C21H18ClFN4O3S/c1-11-7-12-16(30-2)4-3-14(23)19(12)27(11)6-5-24-18-9-15(25-10-26-18)17-8-13(22)20(31-17)21(28)29/h3-4,7-10H,5-6H2,1-2H3,(H,28,29)(H,24,25,26). The number of nitrogens with zero attached hydrogens (tertiary/aromatic N) is 3. The molecule has 7 nitrogen and oxygen atoms in total. The number of aryl methyl sites for hydroxylation is 1. The first-order valence-corrected chi connectivity index (χ1v) is 10.5. The molecule has 0 spiro atoms. The molecule has 4 rings (SSSR count). The number of nitrogens with one attached hydrogen (secondary N) is 1. The van der Waals surface area contributed by atoms with Crippen LogP contribution in [0.3, 0.4) is 0 Å². The van der Waals surface area contributed by atoms with Gasteiger partial charge in [0.05, 0.1) is 28.2 Å². The Balaban J connectivity index is 1.53. The second kappa shape index (κ2) is 8.52. The molecule has 0 aliphatic heterocycles. The van der Waals surface area contributed by atoms with Crippen LogP contribution in [0.2, 0.25) is 5.02 Å². The maximum Gasteiger partial charge on any atom is 0.347 e. The van der Waals surface area contributed by atoms with Crippen molar-refractivity contribution in [3.63, 3.8) is 0 Å². The zero-order chi connectivity index (χ0) is 22.1. The zero-order valence-corrected chi connectivity index (χ0v) is 18.2. The third-order valence-corrected chi connectivity index (χ3v) is 6.39. The number of aromatic nitrogens is 3. The molecule has 0 saturated heterocycles. The summed E-state index contributed by atoms with van der Waals surface area (Å²) in [5.41, 5.74) is 1.98. The van der Waals surface area contributed by atoms with E-state index in [1.807, 2.05) is 17.6 Å². The van der Waals surface area contributed by atoms with Gasteiger partial charge in [-0.2, -0.15) is 0 Å². The number of thiophene rings is 1. The number of carboxylic acid groups (broad SMARTS) is 1. The number of anilines is 1. The molecule has 1 aromatic carbocycles. The minimum atomic E-state index is -1.08. The summed E-state index contributed by atoms with van der Waals surface area (Å²) in [7, 11) is 1.56. The molecular weight excluding hydrogens is 443 g/mol. The molecule has 3 aromatic heterocycles. The van der Waals surface area contributed by atoms with E-state index in [-0.39, 0.29) is 15.7 Å². The first-order chi connectivity index (χ1) is 14.9. The average molecular weight is 461 g/mol. The molecule has 0 saturated carbocycles. The van der Waals surface area contributed by atoms with Crippen LogP contribution in [0.5, 0.6) is 5.75 Å². The zero-order valence-electron chi connectivity index (χ0n) is 16.6. The van der Waals surface area contributed by atoms with Gasteiger partial charge in [-0.25, -0.2) is 19.2 Å². The number of benzene rings is 1. The van der Waals surface area contributed by atoms with Crippen molar-refractivity contribution in [1.82, 2.24) is 14.5 Å². The minimum Gasteiger partial charge on any atom is -0.496 e. The van der Waals surface area contributed by atoms with Gasteiger partial charge in [0.1, 0.15) is 28.6 Å². The Kier molecular flexibility index (Phi) is 5.79. The van der Waals surface area contributed by atoms with Crippen LogP contribution in [-0.4, -0.2) is 39.3 Å². The Morgan fingerprint density at radius 2 is 2.13 bits per heavy atom. The number of rotatable bonds is 7. The molecule has 0 aliphatic rings. The number of carboxylic acids is 1. The lowest BCUT2D eigenvalue weighted by molar-refractivity contribution is 0.0702. The van der Waals surface area contributed by atoms with Crippen LogP contribution in [0.15, 0.2) is 36.7 Å². The molecular formula is C21H18ClFN4O3S. The van der Waals surface area contributed by atoms with Crippen LogP contribution in [0.4, 0.5) is 10.2 Å². The maximum absolute atomic E-state index is 14.5. The quantitative estimate of drug-likeness (QED) is 0.400. The summed E-state index contributed by atoms with van der Waals surface area (Å²) in [4.78, 5) is 20.3. The highest BCUT2D eigenvalue weighted by Gasteiger charge is 2.16. The van der Waals surface area contributed by atoms with Gasteiger partial charge in [0.25, 0.3) is 0 Å². The molecule has 0 aliphatic carbocycles. The van der Waals surface area contributed by atoms with Crippen molar-refractivity contribution < 1.29 is 19.0 Å². The number of carbonyl (C=O) groups is 1. The van der Waals surface area contributed by atoms with E-state index >= 15 is 0 Å². The summed E-state index contributed by atoms with van der Waals surface area (Å²) in [6.45, 7) is 2.91. The topological polar surface area (TPSA) is 89.3 Å². The number of fused-ring (bicyclic) bond motifs is 1. The smallest absolute Gasteiger partial charge is 0.347 e. The third-order valence-electron chi connectivity index (χ3n) is 4.84. The summed E-state index contributed by atoms with van der Waals surface area (Å²) in [5.74, 6) is -0.190. The van der Waals surface area contributed by atoms with Crippen molar-refractivity contribution in [3.8, 4) is 16.3 Å². The Bertz CT molecular complexity index is 1290. The summed E-state index contributed by atoms with van der Waals surface area (Å²) in [6.07, 6.45) is 1.40. The summed E-state index contributed by atoms with van der Waals surface area (Å²) >= 11 is 7.05. The van der Waals surface area contributed by atoms with Crippen LogP contribution >= 0.6 is 22.9 Å². The van der Waals surface area contributed by atoms with E-state index in [2.05, 4.69) is 15.3 Å². The number of methoxy groups -OCH3 is 1. The third kappa shape index (κ3) is 4.06. The van der Waals surface area contributed by atoms with E-state index in [1.165, 1.54) is 12.4 Å². The lowest BCUT2D eigenvalue weighted by Crippen LogP contribution is -2.12. The molecule has 0 atom stereocenters. The van der Waals surface area contributed by atoms with Crippen molar-refractivity contribution in [2.75, 3.05) is 19.0 Å². The minimum absolute atomic E-state index is 0.0669. The molecule has 31 heavy (non-hydrogen) atoms. The lowest BCUT2D eigenvalue weighted by Gasteiger charge is -2.11. The maximum atomic E-state index is 14.5. The van der Waals surface area contributed by atoms with E-state index < -0.39 is 5.97 Å². The Hall–Kier alpha value is -3.17. The van der Waals surface area contributed by atoms with Crippen molar-refractivity contribution in [2.45, 2.75) is 13.5 Å². The molecule has 0 unspecified atom stereocenters. The molecule has 4 aromatic rings. The number of halogens is 2. The second-order valence-electron chi connectivity index (χ2n) is 6.76. The predicted octanol–water partition coefficient (Wildman–Crippen LogP) is 5.08.